The second-order valence-corrected chi connectivity index (χ2v) is 5.05. The Balaban J connectivity index is 2.47. The van der Waals surface area contributed by atoms with E-state index in [1.165, 1.54) is 24.3 Å². The lowest BCUT2D eigenvalue weighted by Crippen LogP contribution is -2.28. The van der Waals surface area contributed by atoms with Crippen LogP contribution >= 0.6 is 0 Å². The Morgan fingerprint density at radius 2 is 1.38 bits per heavy atom. The van der Waals surface area contributed by atoms with Crippen LogP contribution in [0.5, 0.6) is 0 Å². The number of esters is 1. The number of aromatic carboxylic acids is 1. The van der Waals surface area contributed by atoms with Crippen molar-refractivity contribution in [2.75, 3.05) is 46.2 Å². The number of rotatable bonds is 14. The highest BCUT2D eigenvalue weighted by Gasteiger charge is 2.15. The monoisotopic (exact) mass is 370 g/mol. The quantitative estimate of drug-likeness (QED) is 0.301. The molecule has 1 N–H and O–H groups in total. The Bertz CT molecular complexity index is 516. The van der Waals surface area contributed by atoms with Crippen LogP contribution in [0.3, 0.4) is 0 Å². The van der Waals surface area contributed by atoms with Crippen LogP contribution < -0.4 is 0 Å². The highest BCUT2D eigenvalue weighted by molar-refractivity contribution is 5.92. The third-order valence-corrected chi connectivity index (χ3v) is 3.19. The molecule has 0 amide bonds. The van der Waals surface area contributed by atoms with E-state index in [1.54, 1.807) is 0 Å². The predicted octanol–water partition coefficient (Wildman–Crippen LogP) is 1.97. The van der Waals surface area contributed by atoms with Crippen LogP contribution in [0.2, 0.25) is 0 Å². The average molecular weight is 370 g/mol. The van der Waals surface area contributed by atoms with E-state index < -0.39 is 18.2 Å². The van der Waals surface area contributed by atoms with E-state index >= 15 is 0 Å². The van der Waals surface area contributed by atoms with E-state index in [0.717, 1.165) is 0 Å². The second kappa shape index (κ2) is 13.2. The van der Waals surface area contributed by atoms with Crippen LogP contribution in [0.1, 0.15) is 34.6 Å². The molecule has 0 fully saturated rings. The summed E-state index contributed by atoms with van der Waals surface area (Å²) in [4.78, 5) is 22.9. The molecule has 0 atom stereocenters. The zero-order valence-corrected chi connectivity index (χ0v) is 15.1. The number of carboxylic acids is 1. The van der Waals surface area contributed by atoms with E-state index in [2.05, 4.69) is 0 Å². The van der Waals surface area contributed by atoms with Crippen molar-refractivity contribution in [1.29, 1.82) is 0 Å². The van der Waals surface area contributed by atoms with Crippen LogP contribution in [0.4, 0.5) is 0 Å². The van der Waals surface area contributed by atoms with Crippen LogP contribution in [0, 0.1) is 0 Å². The predicted molar refractivity (Wildman–Crippen MR) is 92.4 cm³/mol. The van der Waals surface area contributed by atoms with Gasteiger partial charge in [0.25, 0.3) is 0 Å². The van der Waals surface area contributed by atoms with Crippen LogP contribution in [0.25, 0.3) is 0 Å². The maximum atomic E-state index is 12.1. The molecule has 0 spiro atoms. The van der Waals surface area contributed by atoms with Crippen molar-refractivity contribution in [3.63, 3.8) is 0 Å². The molecule has 0 aliphatic rings. The molecule has 8 nitrogen and oxygen atoms in total. The zero-order valence-electron chi connectivity index (χ0n) is 15.1. The molecule has 8 heteroatoms. The third kappa shape index (κ3) is 8.91. The Morgan fingerprint density at radius 1 is 0.885 bits per heavy atom. The lowest BCUT2D eigenvalue weighted by Gasteiger charge is -2.18. The van der Waals surface area contributed by atoms with E-state index in [4.69, 9.17) is 28.8 Å². The summed E-state index contributed by atoms with van der Waals surface area (Å²) in [5.41, 5.74) is 0.343. The molecule has 0 aromatic heterocycles. The Morgan fingerprint density at radius 3 is 1.85 bits per heavy atom. The zero-order chi connectivity index (χ0) is 19.2. The van der Waals surface area contributed by atoms with Crippen molar-refractivity contribution in [3.8, 4) is 0 Å². The van der Waals surface area contributed by atoms with Gasteiger partial charge in [-0.2, -0.15) is 0 Å². The van der Waals surface area contributed by atoms with Crippen molar-refractivity contribution >= 4 is 11.9 Å². The topological polar surface area (TPSA) is 101 Å². The van der Waals surface area contributed by atoms with Gasteiger partial charge >= 0.3 is 11.9 Å². The summed E-state index contributed by atoms with van der Waals surface area (Å²) in [6, 6.07) is 5.47. The first-order chi connectivity index (χ1) is 12.6. The molecule has 1 rings (SSSR count). The number of carbonyl (C=O) groups excluding carboxylic acids is 1. The number of hydrogen-bond acceptors (Lipinski definition) is 7. The number of carbonyl (C=O) groups is 2. The molecular weight excluding hydrogens is 344 g/mol. The van der Waals surface area contributed by atoms with Gasteiger partial charge < -0.3 is 28.8 Å². The molecule has 0 unspecified atom stereocenters. The SMILES string of the molecule is CCOCCOC(COC(=O)c1ccc(C(=O)O)cc1)OCCOCC. The van der Waals surface area contributed by atoms with Crippen molar-refractivity contribution < 1.29 is 38.4 Å². The fourth-order valence-electron chi connectivity index (χ4n) is 1.89. The van der Waals surface area contributed by atoms with Crippen molar-refractivity contribution in [2.24, 2.45) is 0 Å². The first-order valence-electron chi connectivity index (χ1n) is 8.47. The van der Waals surface area contributed by atoms with Gasteiger partial charge in [0.2, 0.25) is 0 Å². The summed E-state index contributed by atoms with van der Waals surface area (Å²) in [6.07, 6.45) is -0.738. The van der Waals surface area contributed by atoms with Crippen LogP contribution in [-0.4, -0.2) is 69.6 Å². The standard InChI is InChI=1S/C18H26O8/c1-3-22-9-11-24-16(25-12-10-23-4-2)13-26-18(21)15-7-5-14(6-8-15)17(19)20/h5-8,16H,3-4,9-13H2,1-2H3,(H,19,20). The van der Waals surface area contributed by atoms with E-state index in [9.17, 15) is 9.59 Å². The molecule has 0 radical (unpaired) electrons. The van der Waals surface area contributed by atoms with Gasteiger partial charge in [0.15, 0.2) is 6.29 Å². The molecule has 0 heterocycles. The molecule has 1 aromatic carbocycles. The molecule has 1 aromatic rings. The minimum atomic E-state index is -1.06. The molecule has 0 bridgehead atoms. The van der Waals surface area contributed by atoms with Gasteiger partial charge in [-0.1, -0.05) is 0 Å². The highest BCUT2D eigenvalue weighted by atomic mass is 16.7. The summed E-state index contributed by atoms with van der Waals surface area (Å²) in [5.74, 6) is -1.65. The van der Waals surface area contributed by atoms with E-state index in [0.29, 0.717) is 39.6 Å². The molecule has 0 saturated carbocycles. The Hall–Kier alpha value is -2.00. The molecule has 146 valence electrons. The first kappa shape index (κ1) is 22.0. The van der Waals surface area contributed by atoms with Gasteiger partial charge in [-0.05, 0) is 38.1 Å². The lowest BCUT2D eigenvalue weighted by atomic mass is 10.1. The number of hydrogen-bond donors (Lipinski definition) is 1. The van der Waals surface area contributed by atoms with E-state index in [1.807, 2.05) is 13.8 Å². The summed E-state index contributed by atoms with van der Waals surface area (Å²) in [5, 5.41) is 8.86. The number of ether oxygens (including phenoxy) is 5. The fourth-order valence-corrected chi connectivity index (χ4v) is 1.89. The minimum absolute atomic E-state index is 0.0953. The van der Waals surface area contributed by atoms with Crippen LogP contribution in [-0.2, 0) is 23.7 Å². The van der Waals surface area contributed by atoms with Gasteiger partial charge in [0, 0.05) is 13.2 Å². The smallest absolute Gasteiger partial charge is 0.338 e. The van der Waals surface area contributed by atoms with Crippen LogP contribution in [0.15, 0.2) is 24.3 Å². The summed E-state index contributed by atoms with van der Waals surface area (Å²) in [6.45, 7) is 6.26. The molecule has 0 aliphatic heterocycles. The maximum absolute atomic E-state index is 12.1. The summed E-state index contributed by atoms with van der Waals surface area (Å²) >= 11 is 0. The molecule has 26 heavy (non-hydrogen) atoms. The Kier molecular flexibility index (Phi) is 11.2. The fraction of sp³-hybridized carbons (Fsp3) is 0.556. The van der Waals surface area contributed by atoms with Gasteiger partial charge in [-0.15, -0.1) is 0 Å². The van der Waals surface area contributed by atoms with E-state index in [-0.39, 0.29) is 17.7 Å². The highest BCUT2D eigenvalue weighted by Crippen LogP contribution is 2.07. The van der Waals surface area contributed by atoms with Gasteiger partial charge in [-0.25, -0.2) is 9.59 Å². The summed E-state index contributed by atoms with van der Waals surface area (Å²) in [7, 11) is 0. The first-order valence-corrected chi connectivity index (χ1v) is 8.47. The van der Waals surface area contributed by atoms with Gasteiger partial charge in [-0.3, -0.25) is 0 Å². The Labute approximate surface area is 152 Å². The minimum Gasteiger partial charge on any atom is -0.478 e. The number of carboxylic acid groups (broad SMARTS) is 1. The molecular formula is C18H26O8. The number of benzene rings is 1. The van der Waals surface area contributed by atoms with Crippen molar-refractivity contribution in [2.45, 2.75) is 20.1 Å². The van der Waals surface area contributed by atoms with Crippen molar-refractivity contribution in [1.82, 2.24) is 0 Å². The maximum Gasteiger partial charge on any atom is 0.338 e. The van der Waals surface area contributed by atoms with Gasteiger partial charge in [0.1, 0.15) is 6.61 Å². The third-order valence-electron chi connectivity index (χ3n) is 3.19. The lowest BCUT2D eigenvalue weighted by molar-refractivity contribution is -0.175. The van der Waals surface area contributed by atoms with Gasteiger partial charge in [0.05, 0.1) is 37.6 Å². The second-order valence-electron chi connectivity index (χ2n) is 5.05. The molecule has 0 aliphatic carbocycles. The molecule has 0 saturated heterocycles. The van der Waals surface area contributed by atoms with Crippen molar-refractivity contribution in [3.05, 3.63) is 35.4 Å². The average Bonchev–Trinajstić information content (AvgIpc) is 2.65. The normalized spacial score (nSPS) is 10.9. The summed E-state index contributed by atoms with van der Waals surface area (Å²) < 4.78 is 26.6. The largest absolute Gasteiger partial charge is 0.478 e.